The molecule has 0 radical (unpaired) electrons. The van der Waals surface area contributed by atoms with E-state index in [9.17, 15) is 19.3 Å². The van der Waals surface area contributed by atoms with Crippen LogP contribution in [0.3, 0.4) is 0 Å². The van der Waals surface area contributed by atoms with Crippen molar-refractivity contribution in [3.63, 3.8) is 0 Å². The summed E-state index contributed by atoms with van der Waals surface area (Å²) in [7, 11) is 1.54. The SMILES string of the molecule is COc1ccc(Oc2ccc([N+](=O)[O-])cc2C(=O)NCC(c2cccc(F)c2)N2CCOCC2)cc1. The molecule has 36 heavy (non-hydrogen) atoms. The van der Waals surface area contributed by atoms with Crippen LogP contribution in [-0.4, -0.2) is 55.7 Å². The van der Waals surface area contributed by atoms with E-state index in [-0.39, 0.29) is 35.4 Å². The molecule has 4 rings (SSSR count). The summed E-state index contributed by atoms with van der Waals surface area (Å²) in [6, 6.07) is 16.5. The van der Waals surface area contributed by atoms with Crippen molar-refractivity contribution in [2.45, 2.75) is 6.04 Å². The van der Waals surface area contributed by atoms with Gasteiger partial charge in [0.1, 0.15) is 23.1 Å². The Morgan fingerprint density at radius 2 is 1.83 bits per heavy atom. The van der Waals surface area contributed by atoms with E-state index in [0.29, 0.717) is 43.4 Å². The summed E-state index contributed by atoms with van der Waals surface area (Å²) in [6.07, 6.45) is 0. The maximum atomic E-state index is 14.0. The van der Waals surface area contributed by atoms with Gasteiger partial charge in [-0.1, -0.05) is 12.1 Å². The average molecular weight is 496 g/mol. The molecule has 1 heterocycles. The molecule has 10 heteroatoms. The summed E-state index contributed by atoms with van der Waals surface area (Å²) in [6.45, 7) is 2.47. The molecule has 3 aromatic rings. The Morgan fingerprint density at radius 1 is 1.11 bits per heavy atom. The first kappa shape index (κ1) is 25.1. The van der Waals surface area contributed by atoms with Gasteiger partial charge in [-0.3, -0.25) is 19.8 Å². The van der Waals surface area contributed by atoms with Gasteiger partial charge < -0.3 is 19.5 Å². The number of non-ortho nitro benzene ring substituents is 1. The van der Waals surface area contributed by atoms with Gasteiger partial charge in [0.05, 0.1) is 36.9 Å². The number of morpholine rings is 1. The number of rotatable bonds is 9. The van der Waals surface area contributed by atoms with Crippen molar-refractivity contribution in [2.24, 2.45) is 0 Å². The summed E-state index contributed by atoms with van der Waals surface area (Å²) >= 11 is 0. The van der Waals surface area contributed by atoms with Crippen molar-refractivity contribution in [3.8, 4) is 17.2 Å². The van der Waals surface area contributed by atoms with Gasteiger partial charge in [-0.2, -0.15) is 0 Å². The van der Waals surface area contributed by atoms with Gasteiger partial charge in [0.15, 0.2) is 0 Å². The fraction of sp³-hybridized carbons (Fsp3) is 0.269. The molecule has 0 spiro atoms. The van der Waals surface area contributed by atoms with E-state index in [2.05, 4.69) is 10.2 Å². The Kier molecular flexibility index (Phi) is 8.09. The molecule has 1 aliphatic rings. The third-order valence-electron chi connectivity index (χ3n) is 5.88. The topological polar surface area (TPSA) is 103 Å². The fourth-order valence-corrected chi connectivity index (χ4v) is 4.01. The van der Waals surface area contributed by atoms with E-state index in [1.165, 1.54) is 30.3 Å². The van der Waals surface area contributed by atoms with Crippen LogP contribution in [0.4, 0.5) is 10.1 Å². The van der Waals surface area contributed by atoms with E-state index >= 15 is 0 Å². The van der Waals surface area contributed by atoms with Crippen LogP contribution in [0.15, 0.2) is 66.7 Å². The number of ether oxygens (including phenoxy) is 3. The minimum Gasteiger partial charge on any atom is -0.497 e. The normalized spacial score (nSPS) is 14.6. The van der Waals surface area contributed by atoms with E-state index in [4.69, 9.17) is 14.2 Å². The number of carbonyl (C=O) groups is 1. The van der Waals surface area contributed by atoms with Crippen LogP contribution in [0.2, 0.25) is 0 Å². The number of carbonyl (C=O) groups excluding carboxylic acids is 1. The number of nitro groups is 1. The van der Waals surface area contributed by atoms with Crippen LogP contribution < -0.4 is 14.8 Å². The fourth-order valence-electron chi connectivity index (χ4n) is 4.01. The molecule has 188 valence electrons. The number of nitrogens with zero attached hydrogens (tertiary/aromatic N) is 2. The minimum atomic E-state index is -0.572. The number of benzene rings is 3. The predicted molar refractivity (Wildman–Crippen MR) is 130 cm³/mol. The summed E-state index contributed by atoms with van der Waals surface area (Å²) in [5.74, 6) is 0.319. The van der Waals surface area contributed by atoms with Crippen LogP contribution in [0, 0.1) is 15.9 Å². The second kappa shape index (κ2) is 11.6. The molecule has 3 aromatic carbocycles. The van der Waals surface area contributed by atoms with Gasteiger partial charge >= 0.3 is 0 Å². The average Bonchev–Trinajstić information content (AvgIpc) is 2.90. The quantitative estimate of drug-likeness (QED) is 0.348. The second-order valence-electron chi connectivity index (χ2n) is 8.14. The van der Waals surface area contributed by atoms with Crippen molar-refractivity contribution in [1.82, 2.24) is 10.2 Å². The summed E-state index contributed by atoms with van der Waals surface area (Å²) < 4.78 is 30.4. The van der Waals surface area contributed by atoms with Gasteiger partial charge in [0.25, 0.3) is 11.6 Å². The number of hydrogen-bond acceptors (Lipinski definition) is 7. The second-order valence-corrected chi connectivity index (χ2v) is 8.14. The highest BCUT2D eigenvalue weighted by atomic mass is 19.1. The molecular weight excluding hydrogens is 469 g/mol. The van der Waals surface area contributed by atoms with E-state index in [1.807, 2.05) is 0 Å². The monoisotopic (exact) mass is 495 g/mol. The molecule has 1 unspecified atom stereocenters. The lowest BCUT2D eigenvalue weighted by Gasteiger charge is -2.35. The molecule has 0 bridgehead atoms. The van der Waals surface area contributed by atoms with Gasteiger partial charge in [-0.05, 0) is 48.0 Å². The maximum absolute atomic E-state index is 14.0. The summed E-state index contributed by atoms with van der Waals surface area (Å²) in [5, 5.41) is 14.2. The zero-order valence-electron chi connectivity index (χ0n) is 19.7. The Balaban J connectivity index is 1.57. The van der Waals surface area contributed by atoms with Crippen molar-refractivity contribution < 1.29 is 28.3 Å². The number of halogens is 1. The van der Waals surface area contributed by atoms with Crippen LogP contribution in [0.5, 0.6) is 17.2 Å². The molecule has 1 aliphatic heterocycles. The van der Waals surface area contributed by atoms with Crippen LogP contribution >= 0.6 is 0 Å². The molecule has 1 saturated heterocycles. The molecule has 1 amide bonds. The molecule has 0 saturated carbocycles. The zero-order valence-corrected chi connectivity index (χ0v) is 19.7. The highest BCUT2D eigenvalue weighted by Crippen LogP contribution is 2.30. The molecular formula is C26H26FN3O6. The number of methoxy groups -OCH3 is 1. The number of nitrogens with one attached hydrogen (secondary N) is 1. The first-order valence-electron chi connectivity index (χ1n) is 11.4. The van der Waals surface area contributed by atoms with Crippen LogP contribution in [0.1, 0.15) is 22.0 Å². The van der Waals surface area contributed by atoms with Crippen LogP contribution in [-0.2, 0) is 4.74 Å². The van der Waals surface area contributed by atoms with Gasteiger partial charge in [-0.25, -0.2) is 4.39 Å². The van der Waals surface area contributed by atoms with Crippen molar-refractivity contribution in [1.29, 1.82) is 0 Å². The lowest BCUT2D eigenvalue weighted by Crippen LogP contribution is -2.43. The smallest absolute Gasteiger partial charge is 0.270 e. The Labute approximate surface area is 207 Å². The zero-order chi connectivity index (χ0) is 25.5. The first-order valence-corrected chi connectivity index (χ1v) is 11.4. The molecule has 0 aliphatic carbocycles. The van der Waals surface area contributed by atoms with E-state index < -0.39 is 10.8 Å². The highest BCUT2D eigenvalue weighted by molar-refractivity contribution is 5.97. The standard InChI is InChI=1S/C26H26FN3O6/c1-34-21-6-8-22(9-7-21)36-25-10-5-20(30(32)33)16-23(25)26(31)28-17-24(29-11-13-35-14-12-29)18-3-2-4-19(27)15-18/h2-10,15-16,24H,11-14,17H2,1H3,(H,28,31). The largest absolute Gasteiger partial charge is 0.497 e. The van der Waals surface area contributed by atoms with Gasteiger partial charge in [0.2, 0.25) is 0 Å². The number of nitro benzene ring substituents is 1. The lowest BCUT2D eigenvalue weighted by molar-refractivity contribution is -0.384. The Morgan fingerprint density at radius 3 is 2.50 bits per heavy atom. The minimum absolute atomic E-state index is 0.0139. The van der Waals surface area contributed by atoms with E-state index in [0.717, 1.165) is 0 Å². The first-order chi connectivity index (χ1) is 17.4. The number of hydrogen-bond donors (Lipinski definition) is 1. The van der Waals surface area contributed by atoms with Gasteiger partial charge in [-0.15, -0.1) is 0 Å². The van der Waals surface area contributed by atoms with Crippen LogP contribution in [0.25, 0.3) is 0 Å². The molecule has 0 aromatic heterocycles. The predicted octanol–water partition coefficient (Wildman–Crippen LogP) is 4.34. The Bertz CT molecular complexity index is 1210. The summed E-state index contributed by atoms with van der Waals surface area (Å²) in [5.41, 5.74) is 0.489. The van der Waals surface area contributed by atoms with Crippen molar-refractivity contribution in [3.05, 3.63) is 93.8 Å². The third kappa shape index (κ3) is 6.15. The van der Waals surface area contributed by atoms with Crippen molar-refractivity contribution in [2.75, 3.05) is 40.0 Å². The molecule has 1 N–H and O–H groups in total. The molecule has 9 nitrogen and oxygen atoms in total. The van der Waals surface area contributed by atoms with E-state index in [1.54, 1.807) is 43.5 Å². The molecule has 1 atom stereocenters. The summed E-state index contributed by atoms with van der Waals surface area (Å²) in [4.78, 5) is 26.2. The highest BCUT2D eigenvalue weighted by Gasteiger charge is 2.25. The van der Waals surface area contributed by atoms with Gasteiger partial charge in [0, 0.05) is 31.8 Å². The lowest BCUT2D eigenvalue weighted by atomic mass is 10.0. The van der Waals surface area contributed by atoms with Crippen molar-refractivity contribution >= 4 is 11.6 Å². The Hall–Kier alpha value is -4.02. The molecule has 1 fully saturated rings. The number of amides is 1. The maximum Gasteiger partial charge on any atom is 0.270 e. The third-order valence-corrected chi connectivity index (χ3v) is 5.88.